The Morgan fingerprint density at radius 2 is 1.90 bits per heavy atom. The fraction of sp³-hybridized carbons (Fsp3) is 0.474. The molecule has 1 aliphatic heterocycles. The maximum atomic E-state index is 12.1. The predicted octanol–water partition coefficient (Wildman–Crippen LogP) is 3.45. The number of amides is 1. The molecule has 0 saturated carbocycles. The Hall–Kier alpha value is -2.59. The lowest BCUT2D eigenvalue weighted by Gasteiger charge is -2.21. The number of halogens is 3. The summed E-state index contributed by atoms with van der Waals surface area (Å²) in [7, 11) is 0. The van der Waals surface area contributed by atoms with E-state index in [1.807, 2.05) is 0 Å². The molecular formula is C19H21F3N2O5. The van der Waals surface area contributed by atoms with Gasteiger partial charge in [0.1, 0.15) is 12.4 Å². The van der Waals surface area contributed by atoms with Crippen LogP contribution in [0.3, 0.4) is 0 Å². The van der Waals surface area contributed by atoms with Crippen molar-refractivity contribution in [2.45, 2.75) is 32.4 Å². The smallest absolute Gasteiger partial charge is 0.406 e. The predicted molar refractivity (Wildman–Crippen MR) is 94.0 cm³/mol. The molecule has 10 heteroatoms. The molecule has 1 aromatic carbocycles. The number of carbonyl (C=O) groups excluding carboxylic acids is 1. The van der Waals surface area contributed by atoms with Gasteiger partial charge in [0.2, 0.25) is 0 Å². The highest BCUT2D eigenvalue weighted by molar-refractivity contribution is 5.92. The molecule has 2 heterocycles. The molecule has 2 aromatic rings. The Labute approximate surface area is 165 Å². The number of benzene rings is 1. The van der Waals surface area contributed by atoms with Crippen molar-refractivity contribution in [2.75, 3.05) is 19.8 Å². The normalized spacial score (nSPS) is 15.3. The van der Waals surface area contributed by atoms with Crippen LogP contribution in [0.4, 0.5) is 13.2 Å². The Morgan fingerprint density at radius 1 is 1.17 bits per heavy atom. The van der Waals surface area contributed by atoms with Crippen molar-refractivity contribution in [1.29, 1.82) is 0 Å². The number of rotatable bonds is 8. The molecule has 0 bridgehead atoms. The van der Waals surface area contributed by atoms with E-state index < -0.39 is 6.36 Å². The number of nitrogens with one attached hydrogen (secondary N) is 1. The quantitative estimate of drug-likeness (QED) is 0.713. The van der Waals surface area contributed by atoms with E-state index >= 15 is 0 Å². The SMILES string of the molecule is O=C(NCC1CCOCC1)c1cc(COCc2ccc(OC(F)(F)F)cc2)on1. The molecular weight excluding hydrogens is 393 g/mol. The van der Waals surface area contributed by atoms with E-state index in [9.17, 15) is 18.0 Å². The highest BCUT2D eigenvalue weighted by Crippen LogP contribution is 2.23. The van der Waals surface area contributed by atoms with E-state index in [2.05, 4.69) is 15.2 Å². The van der Waals surface area contributed by atoms with Crippen LogP contribution in [0.2, 0.25) is 0 Å². The number of carbonyl (C=O) groups is 1. The maximum absolute atomic E-state index is 12.1. The van der Waals surface area contributed by atoms with Gasteiger partial charge in [-0.15, -0.1) is 13.2 Å². The second kappa shape index (κ2) is 9.75. The summed E-state index contributed by atoms with van der Waals surface area (Å²) in [4.78, 5) is 12.1. The van der Waals surface area contributed by atoms with Crippen molar-refractivity contribution < 1.29 is 36.7 Å². The highest BCUT2D eigenvalue weighted by Gasteiger charge is 2.30. The second-order valence-electron chi connectivity index (χ2n) is 6.63. The van der Waals surface area contributed by atoms with Gasteiger partial charge >= 0.3 is 6.36 Å². The van der Waals surface area contributed by atoms with Crippen LogP contribution < -0.4 is 10.1 Å². The average Bonchev–Trinajstić information content (AvgIpc) is 3.16. The van der Waals surface area contributed by atoms with Gasteiger partial charge in [-0.05, 0) is 36.5 Å². The van der Waals surface area contributed by atoms with Gasteiger partial charge in [0, 0.05) is 25.8 Å². The van der Waals surface area contributed by atoms with Gasteiger partial charge in [0.05, 0.1) is 6.61 Å². The molecule has 0 atom stereocenters. The van der Waals surface area contributed by atoms with Gasteiger partial charge in [-0.3, -0.25) is 4.79 Å². The van der Waals surface area contributed by atoms with Crippen molar-refractivity contribution in [1.82, 2.24) is 10.5 Å². The van der Waals surface area contributed by atoms with Crippen molar-refractivity contribution in [3.05, 3.63) is 47.3 Å². The third-order valence-electron chi connectivity index (χ3n) is 4.35. The lowest BCUT2D eigenvalue weighted by atomic mass is 10.0. The van der Waals surface area contributed by atoms with Gasteiger partial charge in [-0.25, -0.2) is 0 Å². The molecule has 158 valence electrons. The Balaban J connectivity index is 1.40. The number of aromatic nitrogens is 1. The van der Waals surface area contributed by atoms with Crippen molar-refractivity contribution in [2.24, 2.45) is 5.92 Å². The first-order valence-electron chi connectivity index (χ1n) is 9.13. The topological polar surface area (TPSA) is 82.8 Å². The van der Waals surface area contributed by atoms with Gasteiger partial charge in [0.15, 0.2) is 11.5 Å². The van der Waals surface area contributed by atoms with Crippen LogP contribution in [-0.2, 0) is 22.7 Å². The van der Waals surface area contributed by atoms with Crippen molar-refractivity contribution in [3.8, 4) is 5.75 Å². The highest BCUT2D eigenvalue weighted by atomic mass is 19.4. The summed E-state index contributed by atoms with van der Waals surface area (Å²) < 4.78 is 56.0. The minimum absolute atomic E-state index is 0.0705. The molecule has 0 unspecified atom stereocenters. The van der Waals surface area contributed by atoms with Gasteiger partial charge in [0.25, 0.3) is 5.91 Å². The molecule has 0 radical (unpaired) electrons. The van der Waals surface area contributed by atoms with E-state index in [0.29, 0.717) is 37.0 Å². The van der Waals surface area contributed by atoms with E-state index in [0.717, 1.165) is 12.8 Å². The lowest BCUT2D eigenvalue weighted by Crippen LogP contribution is -2.32. The summed E-state index contributed by atoms with van der Waals surface area (Å²) in [5, 5.41) is 6.57. The van der Waals surface area contributed by atoms with Crippen LogP contribution in [0.1, 0.15) is 34.7 Å². The maximum Gasteiger partial charge on any atom is 0.573 e. The Kier molecular flexibility index (Phi) is 7.10. The molecule has 1 aromatic heterocycles. The zero-order valence-corrected chi connectivity index (χ0v) is 15.5. The molecule has 29 heavy (non-hydrogen) atoms. The zero-order chi connectivity index (χ0) is 20.7. The summed E-state index contributed by atoms with van der Waals surface area (Å²) in [5.41, 5.74) is 0.831. The van der Waals surface area contributed by atoms with E-state index in [1.165, 1.54) is 30.3 Å². The lowest BCUT2D eigenvalue weighted by molar-refractivity contribution is -0.274. The minimum Gasteiger partial charge on any atom is -0.406 e. The zero-order valence-electron chi connectivity index (χ0n) is 15.5. The largest absolute Gasteiger partial charge is 0.573 e. The summed E-state index contributed by atoms with van der Waals surface area (Å²) in [6.07, 6.45) is -2.89. The third-order valence-corrected chi connectivity index (χ3v) is 4.35. The number of alkyl halides is 3. The summed E-state index contributed by atoms with van der Waals surface area (Å²) in [6.45, 7) is 2.21. The summed E-state index contributed by atoms with van der Waals surface area (Å²) in [5.74, 6) is 0.160. The third kappa shape index (κ3) is 7.06. The standard InChI is InChI=1S/C19H21F3N2O5/c20-19(21,22)28-15-3-1-14(2-4-15)11-27-12-16-9-17(24-29-16)18(25)23-10-13-5-7-26-8-6-13/h1-4,9,13H,5-8,10-12H2,(H,23,25). The average molecular weight is 414 g/mol. The molecule has 7 nitrogen and oxygen atoms in total. The summed E-state index contributed by atoms with van der Waals surface area (Å²) in [6, 6.07) is 6.86. The molecule has 1 aliphatic rings. The van der Waals surface area contributed by atoms with Crippen LogP contribution in [0.15, 0.2) is 34.9 Å². The van der Waals surface area contributed by atoms with Crippen LogP contribution in [0, 0.1) is 5.92 Å². The van der Waals surface area contributed by atoms with Crippen LogP contribution >= 0.6 is 0 Å². The fourth-order valence-corrected chi connectivity index (χ4v) is 2.82. The van der Waals surface area contributed by atoms with Gasteiger partial charge in [-0.2, -0.15) is 0 Å². The Bertz CT molecular complexity index is 786. The van der Waals surface area contributed by atoms with Crippen molar-refractivity contribution in [3.63, 3.8) is 0 Å². The molecule has 0 spiro atoms. The number of ether oxygens (including phenoxy) is 3. The second-order valence-corrected chi connectivity index (χ2v) is 6.63. The molecule has 1 amide bonds. The molecule has 1 saturated heterocycles. The molecule has 1 fully saturated rings. The van der Waals surface area contributed by atoms with E-state index in [1.54, 1.807) is 0 Å². The number of hydrogen-bond acceptors (Lipinski definition) is 6. The minimum atomic E-state index is -4.72. The molecule has 1 N–H and O–H groups in total. The van der Waals surface area contributed by atoms with Gasteiger partial charge < -0.3 is 24.1 Å². The first-order valence-corrected chi connectivity index (χ1v) is 9.13. The first-order chi connectivity index (χ1) is 13.9. The fourth-order valence-electron chi connectivity index (χ4n) is 2.82. The monoisotopic (exact) mass is 414 g/mol. The first kappa shape index (κ1) is 21.1. The molecule has 3 rings (SSSR count). The van der Waals surface area contributed by atoms with E-state index in [-0.39, 0.29) is 30.6 Å². The Morgan fingerprint density at radius 3 is 2.59 bits per heavy atom. The number of nitrogens with zero attached hydrogens (tertiary/aromatic N) is 1. The number of hydrogen-bond donors (Lipinski definition) is 1. The van der Waals surface area contributed by atoms with Crippen LogP contribution in [0.25, 0.3) is 0 Å². The molecule has 0 aliphatic carbocycles. The summed E-state index contributed by atoms with van der Waals surface area (Å²) >= 11 is 0. The van der Waals surface area contributed by atoms with Gasteiger partial charge in [-0.1, -0.05) is 17.3 Å². The van der Waals surface area contributed by atoms with Crippen molar-refractivity contribution >= 4 is 5.91 Å². The van der Waals surface area contributed by atoms with Crippen LogP contribution in [-0.4, -0.2) is 37.2 Å². The van der Waals surface area contributed by atoms with Crippen LogP contribution in [0.5, 0.6) is 5.75 Å². The van der Waals surface area contributed by atoms with E-state index in [4.69, 9.17) is 14.0 Å².